The number of carbonyl (C=O) groups excluding carboxylic acids is 6. The molecule has 0 bridgehead atoms. The number of rotatable bonds is 31. The highest BCUT2D eigenvalue weighted by molar-refractivity contribution is 5.92. The van der Waals surface area contributed by atoms with Crippen LogP contribution >= 0.6 is 37.2 Å². The topological polar surface area (TPSA) is 456 Å². The van der Waals surface area contributed by atoms with Gasteiger partial charge in [0.15, 0.2) is 64.4 Å². The monoisotopic (exact) mass is 2100 g/mol. The van der Waals surface area contributed by atoms with Gasteiger partial charge in [0.2, 0.25) is 29.7 Å². The minimum Gasteiger partial charge on any atom is -0.492 e. The lowest BCUT2D eigenvalue weighted by molar-refractivity contribution is -0.157. The number of benzene rings is 5. The molecule has 16 rings (SSSR count). The zero-order valence-electron chi connectivity index (χ0n) is 84.5. The van der Waals surface area contributed by atoms with Crippen molar-refractivity contribution in [3.8, 4) is 59.3 Å². The minimum atomic E-state index is -0.875. The number of ether oxygens (including phenoxy) is 4. The number of hydrogen-bond donors (Lipinski definition) is 5. The second-order valence-corrected chi connectivity index (χ2v) is 35.8. The van der Waals surface area contributed by atoms with Gasteiger partial charge < -0.3 is 60.2 Å². The quantitative estimate of drug-likeness (QED) is 0.0157. The number of aldehydes is 1. The van der Waals surface area contributed by atoms with E-state index in [1.807, 2.05) is 97.1 Å². The van der Waals surface area contributed by atoms with Gasteiger partial charge in [-0.3, -0.25) is 93.6 Å². The Balaban J connectivity index is 0.000000202. The summed E-state index contributed by atoms with van der Waals surface area (Å²) in [6.07, 6.45) is 8.16. The van der Waals surface area contributed by atoms with Crippen molar-refractivity contribution >= 4 is 141 Å². The number of piperazine rings is 3. The van der Waals surface area contributed by atoms with E-state index in [1.165, 1.54) is 33.7 Å². The van der Waals surface area contributed by atoms with Crippen molar-refractivity contribution in [2.45, 2.75) is 154 Å². The highest BCUT2D eigenvalue weighted by atomic mass is 35.5. The van der Waals surface area contributed by atoms with Crippen LogP contribution < -0.4 is 91.0 Å². The first kappa shape index (κ1) is 115. The van der Waals surface area contributed by atoms with Gasteiger partial charge in [0.1, 0.15) is 38.3 Å². The van der Waals surface area contributed by atoms with Crippen molar-refractivity contribution in [3.63, 3.8) is 0 Å². The number of esters is 3. The molecule has 0 unspecified atom stereocenters. The molecular formula is C104H121Cl3N24O18. The van der Waals surface area contributed by atoms with Gasteiger partial charge >= 0.3 is 40.7 Å². The summed E-state index contributed by atoms with van der Waals surface area (Å²) in [6, 6.07) is 44.0. The number of carbonyl (C=O) groups is 6. The van der Waals surface area contributed by atoms with Gasteiger partial charge in [-0.05, 0) is 130 Å². The van der Waals surface area contributed by atoms with E-state index >= 15 is 0 Å². The second kappa shape index (κ2) is 53.8. The van der Waals surface area contributed by atoms with Crippen LogP contribution in [0, 0.1) is 58.7 Å². The molecule has 5 aromatic carbocycles. The first-order valence-electron chi connectivity index (χ1n) is 47.8. The summed E-state index contributed by atoms with van der Waals surface area (Å²) in [5.41, 5.74) is -2.14. The Kier molecular flexibility index (Phi) is 41.5. The highest BCUT2D eigenvalue weighted by Gasteiger charge is 2.34. The maximum Gasteiger partial charge on any atom is 0.338 e. The summed E-state index contributed by atoms with van der Waals surface area (Å²) in [7, 11) is 0. The second-order valence-electron chi connectivity index (χ2n) is 35.8. The van der Waals surface area contributed by atoms with E-state index in [2.05, 4.69) is 87.7 Å². The van der Waals surface area contributed by atoms with E-state index in [9.17, 15) is 67.1 Å². The van der Waals surface area contributed by atoms with Crippen molar-refractivity contribution in [1.82, 2.24) is 96.0 Å². The highest BCUT2D eigenvalue weighted by Crippen LogP contribution is 2.27. The fraction of sp³-hybridized carbons (Fsp3) is 0.385. The summed E-state index contributed by atoms with van der Waals surface area (Å²) in [6.45, 7) is 24.8. The maximum absolute atomic E-state index is 13.9. The first-order chi connectivity index (χ1) is 70.4. The van der Waals surface area contributed by atoms with Crippen LogP contribution in [0.2, 0.25) is 0 Å². The first-order valence-corrected chi connectivity index (χ1v) is 47.8. The van der Waals surface area contributed by atoms with Crippen LogP contribution in [0.4, 0.5) is 23.5 Å². The number of aryl methyl sites for hydroxylation is 2. The Morgan fingerprint density at radius 2 is 0.812 bits per heavy atom. The summed E-state index contributed by atoms with van der Waals surface area (Å²) in [5, 5.41) is 15.3. The number of fused-ring (bicyclic) bond motifs is 4. The number of para-hydroxylation sites is 3. The summed E-state index contributed by atoms with van der Waals surface area (Å²) < 4.78 is 37.0. The third-order valence-corrected chi connectivity index (χ3v) is 23.7. The number of amides is 2. The fourth-order valence-electron chi connectivity index (χ4n) is 16.3. The number of aromatic nitrogens is 16. The van der Waals surface area contributed by atoms with E-state index in [0.29, 0.717) is 93.4 Å². The van der Waals surface area contributed by atoms with Gasteiger partial charge in [0.05, 0.1) is 55.8 Å². The third kappa shape index (κ3) is 27.8. The van der Waals surface area contributed by atoms with Crippen LogP contribution in [0.15, 0.2) is 190 Å². The molecule has 3 saturated heterocycles. The molecule has 11 heterocycles. The fourth-order valence-corrected chi connectivity index (χ4v) is 16.3. The van der Waals surface area contributed by atoms with E-state index in [0.717, 1.165) is 64.1 Å². The zero-order chi connectivity index (χ0) is 104. The van der Waals surface area contributed by atoms with Crippen molar-refractivity contribution in [1.29, 1.82) is 0 Å². The number of nitrogens with one attached hydrogen (secondary N) is 5. The lowest BCUT2D eigenvalue weighted by Crippen LogP contribution is -2.44. The number of hydrogen-bond acceptors (Lipinski definition) is 28. The summed E-state index contributed by atoms with van der Waals surface area (Å²) in [4.78, 5) is 208. The molecule has 3 aliphatic heterocycles. The summed E-state index contributed by atoms with van der Waals surface area (Å²) >= 11 is 0. The van der Waals surface area contributed by atoms with Crippen LogP contribution in [0.1, 0.15) is 90.7 Å². The van der Waals surface area contributed by atoms with Crippen LogP contribution in [-0.2, 0) is 123 Å². The van der Waals surface area contributed by atoms with Crippen molar-refractivity contribution in [3.05, 3.63) is 252 Å². The molecule has 0 atom stereocenters. The van der Waals surface area contributed by atoms with Crippen LogP contribution in [0.25, 0.3) is 50.3 Å². The number of nitrogens with zero attached hydrogens (tertiary/aromatic N) is 19. The predicted molar refractivity (Wildman–Crippen MR) is 574 cm³/mol. The van der Waals surface area contributed by atoms with Gasteiger partial charge in [-0.15, -0.1) is 61.4 Å². The molecule has 786 valence electrons. The average Bonchev–Trinajstić information content (AvgIpc) is 1.63. The molecule has 0 aliphatic carbocycles. The standard InChI is InChI=1S/C29H31N7O3.C26H29N7O3.C25H30N6O5.C24H28N4O7.3ClH/c1-2-3-17-34-25-26(32-28(34)33-19-15-30-16-20-33)36(21-24(37)31-23-12-8-5-9-13-23)29(39)35(27(25)38)18-14-22-10-6-4-7-11-22;1-3-5-15-31-22-23(29-25(31)30-17-13-27-14-18-30)33(19-21(34)28-12-4-2)26(36)32(24(22)35)16-11-20-9-7-6-8-10-20;1-3-5-13-29-21-22(27-24(29)28-14-11-26-12-15-28)31(18-20(32)35-4-2)25(34)30(23(21)33)16-17-36-19-9-7-6-8-10-19;1-23(2,3)20(31)34-13-27-18-17(26(12-25-18)16-10-8-7-9-15(16)11-29)19(30)28(22(27)33)14-35-21(32)24(4,5)6;;;/h4-13,30H,14-21H2,1H3,(H,31,37);2,6-10,27H,11-19H2,1H3,(H,28,34);6-10,26H,4,11-18H2,1-2H3;7-12H,13-14H2,1-6H3;3*1H. The van der Waals surface area contributed by atoms with Crippen LogP contribution in [-0.4, -0.2) is 209 Å². The van der Waals surface area contributed by atoms with Crippen molar-refractivity contribution < 1.29 is 47.7 Å². The molecule has 3 fully saturated rings. The molecule has 13 aromatic rings. The van der Waals surface area contributed by atoms with E-state index in [4.69, 9.17) is 40.3 Å². The molecule has 3 aliphatic rings. The number of terminal acetylenes is 1. The Hall–Kier alpha value is -16.1. The molecule has 0 spiro atoms. The molecule has 42 nitrogen and oxygen atoms in total. The van der Waals surface area contributed by atoms with Gasteiger partial charge in [0, 0.05) is 103 Å². The number of imidazole rings is 4. The van der Waals surface area contributed by atoms with Gasteiger partial charge in [-0.2, -0.15) is 15.0 Å². The molecule has 0 radical (unpaired) electrons. The molecular weight excluding hydrogens is 1980 g/mol. The van der Waals surface area contributed by atoms with E-state index < -0.39 is 93.1 Å². The lowest BCUT2D eigenvalue weighted by Gasteiger charge is -2.28. The predicted octanol–water partition coefficient (Wildman–Crippen LogP) is 5.41. The van der Waals surface area contributed by atoms with Crippen molar-refractivity contribution in [2.75, 3.05) is 118 Å². The Bertz CT molecular complexity index is 7740. The van der Waals surface area contributed by atoms with E-state index in [1.54, 1.807) is 131 Å². The van der Waals surface area contributed by atoms with Gasteiger partial charge in [-0.1, -0.05) is 133 Å². The largest absolute Gasteiger partial charge is 0.492 e. The number of halogens is 3. The van der Waals surface area contributed by atoms with Gasteiger partial charge in [-0.25, -0.2) is 33.3 Å². The smallest absolute Gasteiger partial charge is 0.338 e. The lowest BCUT2D eigenvalue weighted by atomic mass is 9.97. The Morgan fingerprint density at radius 1 is 0.436 bits per heavy atom. The molecule has 5 N–H and O–H groups in total. The maximum atomic E-state index is 13.9. The van der Waals surface area contributed by atoms with E-state index in [-0.39, 0.29) is 172 Å². The number of anilines is 4. The van der Waals surface area contributed by atoms with Crippen LogP contribution in [0.5, 0.6) is 5.75 Å². The Morgan fingerprint density at radius 3 is 1.22 bits per heavy atom. The normalized spacial score (nSPS) is 12.7. The summed E-state index contributed by atoms with van der Waals surface area (Å²) in [5.74, 6) is 19.8. The third-order valence-electron chi connectivity index (χ3n) is 23.7. The molecule has 2 amide bonds. The van der Waals surface area contributed by atoms with Crippen molar-refractivity contribution in [2.24, 2.45) is 10.8 Å². The zero-order valence-corrected chi connectivity index (χ0v) is 86.9. The Labute approximate surface area is 875 Å². The molecule has 0 saturated carbocycles. The van der Waals surface area contributed by atoms with Gasteiger partial charge in [0.25, 0.3) is 22.2 Å². The molecule has 45 heteroatoms. The SMILES string of the molecule is C#CCNC(=O)Cn1c(=O)n(CCc2ccccc2)c(=O)c2c1nc(N1CCNCC1)n2CC#CC.CC#CCn1c(N2CCNCC2)nc2c1c(=O)n(CCOc1ccccc1)c(=O)n2CC(=O)OCC.CC#CCn1c(N2CCNCC2)nc2c1c(=O)n(CCc1ccccc1)c(=O)n2CC(=O)Nc1ccccc1.CC(C)(C)C(=O)OCn1c(=O)c2c(ncn2-c2ccccc2C=O)n(COC(=O)C(C)(C)C)c1=O.Cl.Cl.Cl. The average molecular weight is 2100 g/mol. The molecule has 149 heavy (non-hydrogen) atoms. The minimum absolute atomic E-state index is 0. The van der Waals surface area contributed by atoms with Crippen LogP contribution in [0.3, 0.4) is 0 Å². The molecule has 8 aromatic heterocycles.